The van der Waals surface area contributed by atoms with Crippen molar-refractivity contribution in [2.45, 2.75) is 26.3 Å². The zero-order valence-corrected chi connectivity index (χ0v) is 13.0. The fraction of sp³-hybridized carbons (Fsp3) is 0.429. The van der Waals surface area contributed by atoms with Gasteiger partial charge in [-0.25, -0.2) is 4.79 Å². The number of hydrogen-bond donors (Lipinski definition) is 2. The van der Waals surface area contributed by atoms with Crippen LogP contribution in [0.5, 0.6) is 11.5 Å². The Hall–Kier alpha value is -2.84. The van der Waals surface area contributed by atoms with Crippen LogP contribution >= 0.6 is 0 Å². The lowest BCUT2D eigenvalue weighted by atomic mass is 10.1. The zero-order valence-electron chi connectivity index (χ0n) is 13.0. The summed E-state index contributed by atoms with van der Waals surface area (Å²) in [6.45, 7) is 3.55. The van der Waals surface area contributed by atoms with Crippen LogP contribution in [0, 0.1) is 10.1 Å². The van der Waals surface area contributed by atoms with E-state index in [0.29, 0.717) is 0 Å². The molecule has 0 fully saturated rings. The predicted octanol–water partition coefficient (Wildman–Crippen LogP) is 1.60. The molecular formula is C14H18N2O7. The maximum Gasteiger partial charge on any atom is 0.326 e. The number of methoxy groups -OCH3 is 1. The Morgan fingerprint density at radius 3 is 2.43 bits per heavy atom. The van der Waals surface area contributed by atoms with Crippen LogP contribution < -0.4 is 14.8 Å². The smallest absolute Gasteiger partial charge is 0.326 e. The first-order valence-corrected chi connectivity index (χ1v) is 6.88. The fourth-order valence-corrected chi connectivity index (χ4v) is 1.88. The van der Waals surface area contributed by atoms with Crippen LogP contribution in [0.1, 0.15) is 30.6 Å². The molecular weight excluding hydrogens is 308 g/mol. The molecule has 0 aliphatic heterocycles. The van der Waals surface area contributed by atoms with E-state index < -0.39 is 28.5 Å². The number of aliphatic carboxylic acids is 1. The van der Waals surface area contributed by atoms with Crippen molar-refractivity contribution < 1.29 is 29.1 Å². The first kappa shape index (κ1) is 18.2. The average Bonchev–Trinajstić information content (AvgIpc) is 2.51. The lowest BCUT2D eigenvalue weighted by Crippen LogP contribution is -2.40. The number of carboxylic acids is 1. The molecule has 1 unspecified atom stereocenters. The van der Waals surface area contributed by atoms with Crippen LogP contribution in [-0.4, -0.2) is 41.7 Å². The molecule has 0 saturated heterocycles. The van der Waals surface area contributed by atoms with Gasteiger partial charge in [0.05, 0.1) is 24.7 Å². The van der Waals surface area contributed by atoms with Gasteiger partial charge in [-0.1, -0.05) is 6.92 Å². The van der Waals surface area contributed by atoms with Crippen LogP contribution in [0.2, 0.25) is 0 Å². The van der Waals surface area contributed by atoms with E-state index in [0.717, 1.165) is 6.07 Å². The molecule has 23 heavy (non-hydrogen) atoms. The molecule has 9 heteroatoms. The van der Waals surface area contributed by atoms with Gasteiger partial charge in [0, 0.05) is 6.07 Å². The molecule has 1 atom stereocenters. The van der Waals surface area contributed by atoms with Gasteiger partial charge >= 0.3 is 5.97 Å². The van der Waals surface area contributed by atoms with Crippen LogP contribution in [-0.2, 0) is 4.79 Å². The van der Waals surface area contributed by atoms with Crippen molar-refractivity contribution in [1.82, 2.24) is 5.32 Å². The molecule has 0 saturated carbocycles. The summed E-state index contributed by atoms with van der Waals surface area (Å²) in [6.07, 6.45) is 0.142. The third kappa shape index (κ3) is 4.31. The Balaban J connectivity index is 3.31. The SMILES string of the molecule is CCOc1cc(C(=O)NC(CC)C(=O)O)c([N+](=O)[O-])cc1OC. The number of ether oxygens (including phenoxy) is 2. The number of benzene rings is 1. The van der Waals surface area contributed by atoms with Crippen molar-refractivity contribution >= 4 is 17.6 Å². The van der Waals surface area contributed by atoms with E-state index in [2.05, 4.69) is 5.32 Å². The van der Waals surface area contributed by atoms with Crippen LogP contribution in [0.3, 0.4) is 0 Å². The van der Waals surface area contributed by atoms with Crippen molar-refractivity contribution in [3.8, 4) is 11.5 Å². The molecule has 0 aliphatic rings. The second-order valence-corrected chi connectivity index (χ2v) is 4.48. The number of rotatable bonds is 8. The Kier molecular flexibility index (Phi) is 6.31. The summed E-state index contributed by atoms with van der Waals surface area (Å²) in [7, 11) is 1.32. The molecule has 0 bridgehead atoms. The van der Waals surface area contributed by atoms with Gasteiger partial charge < -0.3 is 19.9 Å². The van der Waals surface area contributed by atoms with E-state index in [1.807, 2.05) is 0 Å². The summed E-state index contributed by atoms with van der Waals surface area (Å²) in [4.78, 5) is 33.6. The quantitative estimate of drug-likeness (QED) is 0.548. The maximum atomic E-state index is 12.2. The van der Waals surface area contributed by atoms with Gasteiger partial charge in [-0.2, -0.15) is 0 Å². The van der Waals surface area contributed by atoms with E-state index >= 15 is 0 Å². The molecule has 126 valence electrons. The van der Waals surface area contributed by atoms with Gasteiger partial charge in [-0.3, -0.25) is 14.9 Å². The molecule has 0 aromatic heterocycles. The highest BCUT2D eigenvalue weighted by Crippen LogP contribution is 2.34. The fourth-order valence-electron chi connectivity index (χ4n) is 1.88. The van der Waals surface area contributed by atoms with Crippen molar-refractivity contribution in [2.24, 2.45) is 0 Å². The largest absolute Gasteiger partial charge is 0.493 e. The normalized spacial score (nSPS) is 11.4. The highest BCUT2D eigenvalue weighted by atomic mass is 16.6. The molecule has 9 nitrogen and oxygen atoms in total. The number of nitrogens with zero attached hydrogens (tertiary/aromatic N) is 1. The van der Waals surface area contributed by atoms with Gasteiger partial charge in [0.2, 0.25) is 0 Å². The summed E-state index contributed by atoms with van der Waals surface area (Å²) in [5, 5.41) is 22.4. The molecule has 1 rings (SSSR count). The summed E-state index contributed by atoms with van der Waals surface area (Å²) in [5.41, 5.74) is -0.790. The number of amides is 1. The number of carbonyl (C=O) groups is 2. The van der Waals surface area contributed by atoms with Gasteiger partial charge in [0.25, 0.3) is 11.6 Å². The molecule has 0 radical (unpaired) electrons. The lowest BCUT2D eigenvalue weighted by molar-refractivity contribution is -0.385. The third-order valence-electron chi connectivity index (χ3n) is 3.03. The van der Waals surface area contributed by atoms with E-state index in [1.165, 1.54) is 13.2 Å². The second kappa shape index (κ2) is 7.97. The first-order chi connectivity index (χ1) is 10.8. The molecule has 1 aromatic rings. The number of hydrogen-bond acceptors (Lipinski definition) is 6. The molecule has 0 aliphatic carbocycles. The van der Waals surface area contributed by atoms with Gasteiger partial charge in [0.1, 0.15) is 11.6 Å². The zero-order chi connectivity index (χ0) is 17.6. The first-order valence-electron chi connectivity index (χ1n) is 6.88. The van der Waals surface area contributed by atoms with Crippen LogP contribution in [0.25, 0.3) is 0 Å². The van der Waals surface area contributed by atoms with Crippen LogP contribution in [0.4, 0.5) is 5.69 Å². The van der Waals surface area contributed by atoms with Crippen LogP contribution in [0.15, 0.2) is 12.1 Å². The Morgan fingerprint density at radius 1 is 1.35 bits per heavy atom. The van der Waals surface area contributed by atoms with Gasteiger partial charge in [-0.15, -0.1) is 0 Å². The number of nitro benzene ring substituents is 1. The summed E-state index contributed by atoms with van der Waals surface area (Å²) < 4.78 is 10.3. The molecule has 1 amide bonds. The molecule has 0 spiro atoms. The average molecular weight is 326 g/mol. The number of nitrogens with one attached hydrogen (secondary N) is 1. The molecule has 1 aromatic carbocycles. The van der Waals surface area contributed by atoms with Gasteiger partial charge in [0.15, 0.2) is 11.5 Å². The minimum atomic E-state index is -1.22. The summed E-state index contributed by atoms with van der Waals surface area (Å²) in [5.74, 6) is -1.81. The summed E-state index contributed by atoms with van der Waals surface area (Å²) >= 11 is 0. The summed E-state index contributed by atoms with van der Waals surface area (Å²) in [6, 6.07) is 1.10. The minimum absolute atomic E-state index is 0.111. The highest BCUT2D eigenvalue weighted by molar-refractivity contribution is 6.00. The molecule has 2 N–H and O–H groups in total. The number of carboxylic acid groups (broad SMARTS) is 1. The van der Waals surface area contributed by atoms with E-state index in [4.69, 9.17) is 14.6 Å². The lowest BCUT2D eigenvalue weighted by Gasteiger charge is -2.14. The van der Waals surface area contributed by atoms with E-state index in [-0.39, 0.29) is 30.1 Å². The van der Waals surface area contributed by atoms with Gasteiger partial charge in [-0.05, 0) is 13.3 Å². The van der Waals surface area contributed by atoms with Crippen molar-refractivity contribution in [3.63, 3.8) is 0 Å². The Morgan fingerprint density at radius 2 is 2.00 bits per heavy atom. The van der Waals surface area contributed by atoms with Crippen molar-refractivity contribution in [3.05, 3.63) is 27.8 Å². The predicted molar refractivity (Wildman–Crippen MR) is 80.0 cm³/mol. The maximum absolute atomic E-state index is 12.2. The van der Waals surface area contributed by atoms with E-state index in [1.54, 1.807) is 13.8 Å². The van der Waals surface area contributed by atoms with Crippen molar-refractivity contribution in [1.29, 1.82) is 0 Å². The van der Waals surface area contributed by atoms with E-state index in [9.17, 15) is 19.7 Å². The second-order valence-electron chi connectivity index (χ2n) is 4.48. The topological polar surface area (TPSA) is 128 Å². The minimum Gasteiger partial charge on any atom is -0.493 e. The Labute approximate surface area is 132 Å². The number of nitro groups is 1. The molecule has 0 heterocycles. The van der Waals surface area contributed by atoms with Crippen molar-refractivity contribution in [2.75, 3.05) is 13.7 Å². The highest BCUT2D eigenvalue weighted by Gasteiger charge is 2.27. The standard InChI is InChI=1S/C14H18N2O7/c1-4-9(14(18)19)15-13(17)8-6-12(23-5-2)11(22-3)7-10(8)16(20)21/h6-7,9H,4-5H2,1-3H3,(H,15,17)(H,18,19). The Bertz CT molecular complexity index is 615. The third-order valence-corrected chi connectivity index (χ3v) is 3.03. The number of carbonyl (C=O) groups excluding carboxylic acids is 1. The monoisotopic (exact) mass is 326 g/mol.